The molecule has 0 aliphatic carbocycles. The maximum Gasteiger partial charge on any atom is 0.255 e. The second-order valence-electron chi connectivity index (χ2n) is 8.52. The third kappa shape index (κ3) is 5.10. The van der Waals surface area contributed by atoms with Gasteiger partial charge in [0.15, 0.2) is 0 Å². The number of nitrogens with one attached hydrogen (secondary N) is 1. The molecule has 0 radical (unpaired) electrons. The normalized spacial score (nSPS) is 11.0. The second kappa shape index (κ2) is 9.87. The zero-order valence-corrected chi connectivity index (χ0v) is 19.3. The van der Waals surface area contributed by atoms with E-state index in [1.165, 1.54) is 6.33 Å². The Morgan fingerprint density at radius 1 is 0.971 bits per heavy atom. The molecule has 0 bridgehead atoms. The molecule has 3 aromatic carbocycles. The van der Waals surface area contributed by atoms with Crippen molar-refractivity contribution in [1.82, 2.24) is 19.7 Å². The first-order valence-electron chi connectivity index (χ1n) is 11.4. The fraction of sp³-hybridized carbons (Fsp3) is 0.143. The van der Waals surface area contributed by atoms with E-state index in [1.54, 1.807) is 17.1 Å². The number of hydrogen-bond donors (Lipinski definition) is 2. The molecule has 5 rings (SSSR count). The molecule has 0 saturated heterocycles. The highest BCUT2D eigenvalue weighted by Crippen LogP contribution is 2.25. The van der Waals surface area contributed by atoms with Crippen LogP contribution < -0.4 is 5.32 Å². The molecule has 0 aliphatic rings. The van der Waals surface area contributed by atoms with Crippen LogP contribution in [-0.2, 0) is 19.6 Å². The molecule has 2 N–H and O–H groups in total. The molecule has 2 heterocycles. The van der Waals surface area contributed by atoms with Crippen molar-refractivity contribution in [2.24, 2.45) is 0 Å². The van der Waals surface area contributed by atoms with Gasteiger partial charge in [-0.05, 0) is 65.9 Å². The number of hydrogen-bond acceptors (Lipinski definition) is 5. The zero-order valence-electron chi connectivity index (χ0n) is 19.3. The first-order valence-corrected chi connectivity index (χ1v) is 11.4. The number of rotatable bonds is 7. The summed E-state index contributed by atoms with van der Waals surface area (Å²) in [6, 6.07) is 23.3. The Kier molecular flexibility index (Phi) is 6.32. The Balaban J connectivity index is 1.35. The predicted octanol–water partition coefficient (Wildman–Crippen LogP) is 4.52. The van der Waals surface area contributed by atoms with E-state index in [4.69, 9.17) is 4.98 Å². The highest BCUT2D eigenvalue weighted by molar-refractivity contribution is 6.04. The summed E-state index contributed by atoms with van der Waals surface area (Å²) in [5.41, 5.74) is 7.07. The summed E-state index contributed by atoms with van der Waals surface area (Å²) >= 11 is 0. The number of fused-ring (bicyclic) bond motifs is 1. The number of aliphatic hydroxyl groups excluding tert-OH is 1. The summed E-state index contributed by atoms with van der Waals surface area (Å²) in [4.78, 5) is 21.6. The molecule has 0 atom stereocenters. The number of aromatic nitrogens is 4. The lowest BCUT2D eigenvalue weighted by Gasteiger charge is -2.12. The molecule has 7 nitrogen and oxygen atoms in total. The Bertz CT molecular complexity index is 1500. The van der Waals surface area contributed by atoms with Crippen molar-refractivity contribution < 1.29 is 9.90 Å². The highest BCUT2D eigenvalue weighted by atomic mass is 16.3. The molecule has 174 valence electrons. The molecule has 0 aliphatic heterocycles. The van der Waals surface area contributed by atoms with Crippen LogP contribution in [0.4, 0.5) is 5.69 Å². The van der Waals surface area contributed by atoms with Gasteiger partial charge in [0.2, 0.25) is 0 Å². The summed E-state index contributed by atoms with van der Waals surface area (Å²) in [6.07, 6.45) is 3.80. The van der Waals surface area contributed by atoms with E-state index in [-0.39, 0.29) is 12.5 Å². The van der Waals surface area contributed by atoms with E-state index in [9.17, 15) is 9.90 Å². The monoisotopic (exact) mass is 463 g/mol. The van der Waals surface area contributed by atoms with Crippen molar-refractivity contribution in [3.8, 4) is 0 Å². The maximum atomic E-state index is 12.9. The van der Waals surface area contributed by atoms with E-state index in [2.05, 4.69) is 21.5 Å². The van der Waals surface area contributed by atoms with Crippen LogP contribution >= 0.6 is 0 Å². The molecule has 0 unspecified atom stereocenters. The molecule has 2 aromatic heterocycles. The van der Waals surface area contributed by atoms with E-state index >= 15 is 0 Å². The van der Waals surface area contributed by atoms with Crippen molar-refractivity contribution in [3.05, 3.63) is 119 Å². The van der Waals surface area contributed by atoms with Crippen LogP contribution in [0.25, 0.3) is 10.9 Å². The third-order valence-electron chi connectivity index (χ3n) is 5.89. The van der Waals surface area contributed by atoms with Gasteiger partial charge >= 0.3 is 0 Å². The Morgan fingerprint density at radius 2 is 1.80 bits per heavy atom. The minimum Gasteiger partial charge on any atom is -0.392 e. The highest BCUT2D eigenvalue weighted by Gasteiger charge is 2.11. The summed E-state index contributed by atoms with van der Waals surface area (Å²) < 4.78 is 1.72. The molecule has 0 fully saturated rings. The summed E-state index contributed by atoms with van der Waals surface area (Å²) in [7, 11) is 0. The van der Waals surface area contributed by atoms with E-state index in [0.717, 1.165) is 44.5 Å². The number of benzene rings is 3. The molecular formula is C28H25N5O2. The predicted molar refractivity (Wildman–Crippen MR) is 135 cm³/mol. The lowest BCUT2D eigenvalue weighted by Crippen LogP contribution is -2.12. The van der Waals surface area contributed by atoms with Crippen molar-refractivity contribution in [2.45, 2.75) is 26.5 Å². The van der Waals surface area contributed by atoms with Crippen LogP contribution in [0.3, 0.4) is 0 Å². The van der Waals surface area contributed by atoms with Gasteiger partial charge in [0, 0.05) is 22.3 Å². The van der Waals surface area contributed by atoms with Gasteiger partial charge in [0.05, 0.1) is 18.7 Å². The average Bonchev–Trinajstić information content (AvgIpc) is 3.37. The number of nitrogens with zero attached hydrogens (tertiary/aromatic N) is 4. The second-order valence-corrected chi connectivity index (χ2v) is 8.52. The third-order valence-corrected chi connectivity index (χ3v) is 5.89. The zero-order chi connectivity index (χ0) is 24.2. The molecule has 0 spiro atoms. The largest absolute Gasteiger partial charge is 0.392 e. The van der Waals surface area contributed by atoms with Crippen LogP contribution in [0, 0.1) is 6.92 Å². The fourth-order valence-electron chi connectivity index (χ4n) is 4.29. The van der Waals surface area contributed by atoms with Gasteiger partial charge in [-0.2, -0.15) is 5.10 Å². The van der Waals surface area contributed by atoms with E-state index in [0.29, 0.717) is 18.5 Å². The van der Waals surface area contributed by atoms with Gasteiger partial charge in [-0.3, -0.25) is 9.78 Å². The van der Waals surface area contributed by atoms with Crippen LogP contribution in [0.5, 0.6) is 0 Å². The summed E-state index contributed by atoms with van der Waals surface area (Å²) in [5, 5.41) is 17.9. The lowest BCUT2D eigenvalue weighted by atomic mass is 9.99. The van der Waals surface area contributed by atoms with Crippen molar-refractivity contribution in [3.63, 3.8) is 0 Å². The van der Waals surface area contributed by atoms with E-state index < -0.39 is 0 Å². The van der Waals surface area contributed by atoms with Gasteiger partial charge in [-0.25, -0.2) is 9.67 Å². The van der Waals surface area contributed by atoms with E-state index in [1.807, 2.05) is 67.6 Å². The molecule has 5 aromatic rings. The van der Waals surface area contributed by atoms with Crippen molar-refractivity contribution in [1.29, 1.82) is 0 Å². The number of amides is 1. The number of aliphatic hydroxyl groups is 1. The van der Waals surface area contributed by atoms with Crippen molar-refractivity contribution in [2.75, 3.05) is 5.32 Å². The van der Waals surface area contributed by atoms with Gasteiger partial charge in [0.25, 0.3) is 5.91 Å². The summed E-state index contributed by atoms with van der Waals surface area (Å²) in [5.74, 6) is -0.169. The first-order chi connectivity index (χ1) is 17.1. The fourth-order valence-corrected chi connectivity index (χ4v) is 4.29. The minimum atomic E-state index is -0.169. The van der Waals surface area contributed by atoms with Crippen LogP contribution in [0.2, 0.25) is 0 Å². The lowest BCUT2D eigenvalue weighted by molar-refractivity contribution is 0.102. The number of carbonyl (C=O) groups excluding carboxylic acids is 1. The van der Waals surface area contributed by atoms with Crippen LogP contribution in [0.1, 0.15) is 38.3 Å². The molecule has 35 heavy (non-hydrogen) atoms. The van der Waals surface area contributed by atoms with Crippen molar-refractivity contribution >= 4 is 22.5 Å². The number of anilines is 1. The standard InChI is InChI=1S/C28H25N5O2/c1-19-11-24(16-34)26-10-4-7-22(27(26)31-19)12-20-5-3-9-25(14-20)32-28(35)23-8-2-6-21(13-23)15-33-18-29-17-30-33/h2-11,13-14,17-18,34H,12,15-16H2,1H3,(H,32,35). The Hall–Kier alpha value is -4.36. The summed E-state index contributed by atoms with van der Waals surface area (Å²) in [6.45, 7) is 2.46. The quantitative estimate of drug-likeness (QED) is 0.370. The molecular weight excluding hydrogens is 438 g/mol. The van der Waals surface area contributed by atoms with Gasteiger partial charge in [0.1, 0.15) is 12.7 Å². The van der Waals surface area contributed by atoms with Crippen LogP contribution in [-0.4, -0.2) is 30.8 Å². The molecule has 1 amide bonds. The SMILES string of the molecule is Cc1cc(CO)c2cccc(Cc3cccc(NC(=O)c4cccc(Cn5cncn5)c4)c3)c2n1. The molecule has 0 saturated carbocycles. The Morgan fingerprint density at radius 3 is 2.63 bits per heavy atom. The molecule has 7 heteroatoms. The Labute approximate surface area is 203 Å². The van der Waals surface area contributed by atoms with Crippen LogP contribution in [0.15, 0.2) is 85.5 Å². The first kappa shape index (κ1) is 22.4. The smallest absolute Gasteiger partial charge is 0.255 e. The number of aryl methyl sites for hydroxylation is 1. The van der Waals surface area contributed by atoms with Gasteiger partial charge in [-0.15, -0.1) is 0 Å². The number of para-hydroxylation sites is 1. The average molecular weight is 464 g/mol. The van der Waals surface area contributed by atoms with Gasteiger partial charge < -0.3 is 10.4 Å². The number of carbonyl (C=O) groups is 1. The minimum absolute atomic E-state index is 0.0230. The number of pyridine rings is 1. The maximum absolute atomic E-state index is 12.9. The van der Waals surface area contributed by atoms with Gasteiger partial charge in [-0.1, -0.05) is 42.5 Å². The topological polar surface area (TPSA) is 92.9 Å².